The summed E-state index contributed by atoms with van der Waals surface area (Å²) >= 11 is 0. The third kappa shape index (κ3) is 6.79. The highest BCUT2D eigenvalue weighted by molar-refractivity contribution is 6.01. The van der Waals surface area contributed by atoms with Crippen molar-refractivity contribution in [3.05, 3.63) is 63.7 Å². The zero-order valence-corrected chi connectivity index (χ0v) is 17.7. The van der Waals surface area contributed by atoms with Crippen LogP contribution in [-0.2, 0) is 15.9 Å². The monoisotopic (exact) mass is 445 g/mol. The van der Waals surface area contributed by atoms with E-state index in [9.17, 15) is 24.5 Å². The van der Waals surface area contributed by atoms with E-state index in [0.29, 0.717) is 12.8 Å². The summed E-state index contributed by atoms with van der Waals surface area (Å²) in [6, 6.07) is 11.7. The van der Waals surface area contributed by atoms with Crippen molar-refractivity contribution < 1.29 is 38.3 Å². The van der Waals surface area contributed by atoms with Crippen molar-refractivity contribution in [1.29, 1.82) is 0 Å². The number of aryl methyl sites for hydroxylation is 1. The summed E-state index contributed by atoms with van der Waals surface area (Å²) in [5.41, 5.74) is -0.0533. The van der Waals surface area contributed by atoms with E-state index >= 15 is 0 Å². The zero-order chi connectivity index (χ0) is 23.5. The van der Waals surface area contributed by atoms with Gasteiger partial charge in [0.2, 0.25) is 0 Å². The van der Waals surface area contributed by atoms with E-state index in [1.165, 1.54) is 13.8 Å². The molecule has 0 unspecified atom stereocenters. The Morgan fingerprint density at radius 3 is 2.12 bits per heavy atom. The van der Waals surface area contributed by atoms with Crippen LogP contribution < -0.4 is 9.47 Å². The Morgan fingerprint density at radius 2 is 1.53 bits per heavy atom. The molecule has 0 aromatic heterocycles. The molecule has 0 heterocycles. The first kappa shape index (κ1) is 24.3. The Kier molecular flexibility index (Phi) is 9.15. The summed E-state index contributed by atoms with van der Waals surface area (Å²) in [6.07, 6.45) is -1.33. The van der Waals surface area contributed by atoms with Gasteiger partial charge in [0.25, 0.3) is 5.75 Å². The molecule has 32 heavy (non-hydrogen) atoms. The van der Waals surface area contributed by atoms with Crippen molar-refractivity contribution in [2.75, 3.05) is 13.2 Å². The largest absolute Gasteiger partial charge is 0.514 e. The zero-order valence-electron chi connectivity index (χ0n) is 17.7. The second kappa shape index (κ2) is 12.0. The van der Waals surface area contributed by atoms with E-state index in [2.05, 4.69) is 9.47 Å². The maximum absolute atomic E-state index is 12.8. The minimum Gasteiger partial charge on any atom is -0.434 e. The predicted octanol–water partition coefficient (Wildman–Crippen LogP) is 4.87. The van der Waals surface area contributed by atoms with Crippen LogP contribution in [0.4, 0.5) is 15.3 Å². The average Bonchev–Trinajstić information content (AvgIpc) is 2.75. The number of ether oxygens (including phenoxy) is 4. The second-order valence-corrected chi connectivity index (χ2v) is 6.38. The molecule has 0 fully saturated rings. The smallest absolute Gasteiger partial charge is 0.434 e. The predicted molar refractivity (Wildman–Crippen MR) is 112 cm³/mol. The van der Waals surface area contributed by atoms with Crippen LogP contribution in [0.15, 0.2) is 42.5 Å². The molecule has 0 saturated heterocycles. The van der Waals surface area contributed by atoms with Crippen molar-refractivity contribution in [1.82, 2.24) is 0 Å². The summed E-state index contributed by atoms with van der Waals surface area (Å²) in [4.78, 5) is 47.2. The molecule has 0 N–H and O–H groups in total. The molecule has 10 heteroatoms. The van der Waals surface area contributed by atoms with E-state index < -0.39 is 40.2 Å². The molecule has 0 aliphatic heterocycles. The molecule has 0 atom stereocenters. The normalized spacial score (nSPS) is 10.2. The minimum atomic E-state index is -1.25. The van der Waals surface area contributed by atoms with Gasteiger partial charge in [-0.1, -0.05) is 30.3 Å². The fraction of sp³-hybridized carbons (Fsp3) is 0.318. The maximum atomic E-state index is 12.8. The number of carbonyl (C=O) groups excluding carboxylic acids is 3. The minimum absolute atomic E-state index is 0.00697. The van der Waals surface area contributed by atoms with E-state index in [0.717, 1.165) is 17.7 Å². The van der Waals surface area contributed by atoms with Gasteiger partial charge in [-0.2, -0.15) is 0 Å². The van der Waals surface area contributed by atoms with Crippen molar-refractivity contribution in [2.24, 2.45) is 0 Å². The van der Waals surface area contributed by atoms with E-state index in [1.54, 1.807) is 0 Å². The van der Waals surface area contributed by atoms with Crippen molar-refractivity contribution >= 4 is 23.8 Å². The lowest BCUT2D eigenvalue weighted by Crippen LogP contribution is -2.16. The first-order valence-corrected chi connectivity index (χ1v) is 9.95. The molecule has 0 amide bonds. The Morgan fingerprint density at radius 1 is 0.906 bits per heavy atom. The lowest BCUT2D eigenvalue weighted by Gasteiger charge is -2.12. The van der Waals surface area contributed by atoms with E-state index in [1.807, 2.05) is 30.3 Å². The summed E-state index contributed by atoms with van der Waals surface area (Å²) < 4.78 is 19.2. The first-order chi connectivity index (χ1) is 15.4. The Bertz CT molecular complexity index is 973. The van der Waals surface area contributed by atoms with Crippen LogP contribution in [0.3, 0.4) is 0 Å². The average molecular weight is 445 g/mol. The summed E-state index contributed by atoms with van der Waals surface area (Å²) in [6.45, 7) is 2.99. The number of ketones is 1. The van der Waals surface area contributed by atoms with Crippen molar-refractivity contribution in [3.8, 4) is 11.5 Å². The molecule has 0 aliphatic rings. The number of nitro groups is 1. The Balaban J connectivity index is 2.34. The summed E-state index contributed by atoms with van der Waals surface area (Å²) in [5, 5.41) is 11.8. The molecule has 2 aromatic carbocycles. The van der Waals surface area contributed by atoms with Gasteiger partial charge in [-0.15, -0.1) is 0 Å². The number of rotatable bonds is 10. The van der Waals surface area contributed by atoms with Gasteiger partial charge in [0.1, 0.15) is 0 Å². The molecular formula is C22H23NO9. The van der Waals surface area contributed by atoms with Crippen LogP contribution in [-0.4, -0.2) is 36.2 Å². The van der Waals surface area contributed by atoms with Crippen molar-refractivity contribution in [2.45, 2.75) is 33.1 Å². The fourth-order valence-corrected chi connectivity index (χ4v) is 2.84. The van der Waals surface area contributed by atoms with Gasteiger partial charge in [0, 0.05) is 6.42 Å². The van der Waals surface area contributed by atoms with Crippen LogP contribution in [0.5, 0.6) is 11.5 Å². The number of carbonyl (C=O) groups is 3. The SMILES string of the molecule is CCOC(=O)Oc1ccc(C(=O)CCCc2ccccc2)c([N+](=O)[O-])c1OC(=O)OCC. The van der Waals surface area contributed by atoms with Crippen LogP contribution in [0.1, 0.15) is 42.6 Å². The first-order valence-electron chi connectivity index (χ1n) is 9.95. The maximum Gasteiger partial charge on any atom is 0.514 e. The number of Topliss-reactive ketones (excluding diaryl/α,β-unsaturated/α-hetero) is 1. The lowest BCUT2D eigenvalue weighted by molar-refractivity contribution is -0.386. The molecule has 170 valence electrons. The number of hydrogen-bond donors (Lipinski definition) is 0. The molecule has 2 aromatic rings. The lowest BCUT2D eigenvalue weighted by atomic mass is 10.0. The number of nitro benzene ring substituents is 1. The number of benzene rings is 2. The molecular weight excluding hydrogens is 422 g/mol. The van der Waals surface area contributed by atoms with Gasteiger partial charge in [-0.25, -0.2) is 9.59 Å². The third-order valence-electron chi connectivity index (χ3n) is 4.19. The van der Waals surface area contributed by atoms with Crippen LogP contribution >= 0.6 is 0 Å². The van der Waals surface area contributed by atoms with E-state index in [-0.39, 0.29) is 25.2 Å². The Labute approximate surface area is 184 Å². The van der Waals surface area contributed by atoms with Crippen molar-refractivity contribution in [3.63, 3.8) is 0 Å². The molecule has 0 radical (unpaired) electrons. The molecule has 0 aliphatic carbocycles. The number of nitrogens with zero attached hydrogens (tertiary/aromatic N) is 1. The number of hydrogen-bond acceptors (Lipinski definition) is 9. The highest BCUT2D eigenvalue weighted by Gasteiger charge is 2.32. The summed E-state index contributed by atoms with van der Waals surface area (Å²) in [5.74, 6) is -1.69. The highest BCUT2D eigenvalue weighted by Crippen LogP contribution is 2.41. The van der Waals surface area contributed by atoms with Crippen LogP contribution in [0.25, 0.3) is 0 Å². The molecule has 10 nitrogen and oxygen atoms in total. The fourth-order valence-electron chi connectivity index (χ4n) is 2.84. The molecule has 0 bridgehead atoms. The van der Waals surface area contributed by atoms with Gasteiger partial charge >= 0.3 is 18.0 Å². The third-order valence-corrected chi connectivity index (χ3v) is 4.19. The van der Waals surface area contributed by atoms with Gasteiger partial charge in [0.15, 0.2) is 11.5 Å². The topological polar surface area (TPSA) is 131 Å². The molecule has 2 rings (SSSR count). The second-order valence-electron chi connectivity index (χ2n) is 6.38. The molecule has 0 saturated carbocycles. The van der Waals surface area contributed by atoms with E-state index in [4.69, 9.17) is 9.47 Å². The quantitative estimate of drug-likeness (QED) is 0.165. The van der Waals surface area contributed by atoms with Crippen LogP contribution in [0.2, 0.25) is 0 Å². The van der Waals surface area contributed by atoms with Gasteiger partial charge in [-0.05, 0) is 44.4 Å². The molecule has 0 spiro atoms. The Hall–Kier alpha value is -3.95. The van der Waals surface area contributed by atoms with Gasteiger partial charge in [-0.3, -0.25) is 14.9 Å². The standard InChI is InChI=1S/C22H23NO9/c1-3-29-21(25)31-18-14-13-16(17(24)12-8-11-15-9-6-5-7-10-15)19(23(27)28)20(18)32-22(26)30-4-2/h5-7,9-10,13-14H,3-4,8,11-12H2,1-2H3. The summed E-state index contributed by atoms with van der Waals surface area (Å²) in [7, 11) is 0. The highest BCUT2D eigenvalue weighted by atomic mass is 16.7. The van der Waals surface area contributed by atoms with Gasteiger partial charge in [0.05, 0.1) is 23.7 Å². The van der Waals surface area contributed by atoms with Gasteiger partial charge < -0.3 is 18.9 Å². The van der Waals surface area contributed by atoms with Crippen LogP contribution in [0, 0.1) is 10.1 Å².